The highest BCUT2D eigenvalue weighted by Crippen LogP contribution is 2.43. The molecule has 1 aliphatic heterocycles. The first-order valence-electron chi connectivity index (χ1n) is 9.88. The second-order valence-corrected chi connectivity index (χ2v) is 16.4. The molecule has 6 nitrogen and oxygen atoms in total. The lowest BCUT2D eigenvalue weighted by Gasteiger charge is -2.47. The van der Waals surface area contributed by atoms with E-state index in [9.17, 15) is 15.0 Å². The molecule has 0 aromatic carbocycles. The number of thiazole rings is 1. The Bertz CT molecular complexity index is 708. The molecule has 0 radical (unpaired) electrons. The lowest BCUT2D eigenvalue weighted by molar-refractivity contribution is -0.0687. The van der Waals surface area contributed by atoms with E-state index in [1.54, 1.807) is 6.20 Å². The first-order chi connectivity index (χ1) is 12.6. The van der Waals surface area contributed by atoms with Crippen LogP contribution >= 0.6 is 11.3 Å². The van der Waals surface area contributed by atoms with Crippen molar-refractivity contribution in [3.8, 4) is 0 Å². The third kappa shape index (κ3) is 4.95. The van der Waals surface area contributed by atoms with Crippen LogP contribution in [0.1, 0.15) is 64.3 Å². The Balaban J connectivity index is 2.16. The molecular formula is C20H36N2O4SSi. The summed E-state index contributed by atoms with van der Waals surface area (Å²) >= 11 is 1.48. The van der Waals surface area contributed by atoms with E-state index < -0.39 is 20.0 Å². The van der Waals surface area contributed by atoms with Crippen molar-refractivity contribution in [2.45, 2.75) is 90.8 Å². The third-order valence-corrected chi connectivity index (χ3v) is 11.9. The van der Waals surface area contributed by atoms with Crippen LogP contribution in [0.25, 0.3) is 0 Å². The molecule has 2 atom stereocenters. The van der Waals surface area contributed by atoms with Crippen LogP contribution in [-0.4, -0.2) is 47.1 Å². The number of nitrogens with zero attached hydrogens (tertiary/aromatic N) is 2. The summed E-state index contributed by atoms with van der Waals surface area (Å²) in [6.45, 7) is 17.9. The Morgan fingerprint density at radius 3 is 2.46 bits per heavy atom. The molecule has 2 unspecified atom stereocenters. The molecule has 1 amide bonds. The summed E-state index contributed by atoms with van der Waals surface area (Å²) in [4.78, 5) is 18.6. The zero-order chi connectivity index (χ0) is 21.5. The highest BCUT2D eigenvalue weighted by Gasteiger charge is 2.47. The molecule has 160 valence electrons. The van der Waals surface area contributed by atoms with Crippen LogP contribution in [0.3, 0.4) is 0 Å². The molecule has 2 rings (SSSR count). The maximum absolute atomic E-state index is 11.6. The molecule has 0 saturated carbocycles. The first kappa shape index (κ1) is 23.3. The van der Waals surface area contributed by atoms with Crippen molar-refractivity contribution < 1.29 is 19.4 Å². The molecule has 0 bridgehead atoms. The topological polar surface area (TPSA) is 82.9 Å². The summed E-state index contributed by atoms with van der Waals surface area (Å²) in [5.41, 5.74) is -1.36. The molecule has 0 aliphatic carbocycles. The van der Waals surface area contributed by atoms with Crippen LogP contribution in [0.15, 0.2) is 6.20 Å². The molecule has 2 N–H and O–H groups in total. The number of piperidine rings is 1. The van der Waals surface area contributed by atoms with Crippen LogP contribution in [-0.2, 0) is 16.6 Å². The van der Waals surface area contributed by atoms with E-state index in [0.29, 0.717) is 31.0 Å². The zero-order valence-corrected chi connectivity index (χ0v) is 20.3. The summed E-state index contributed by atoms with van der Waals surface area (Å²) in [6, 6.07) is -0.264. The van der Waals surface area contributed by atoms with Gasteiger partial charge in [-0.3, -0.25) is 0 Å². The van der Waals surface area contributed by atoms with Crippen LogP contribution in [0.2, 0.25) is 18.1 Å². The van der Waals surface area contributed by atoms with Gasteiger partial charge in [-0.15, -0.1) is 11.3 Å². The molecular weight excluding hydrogens is 392 g/mol. The second-order valence-electron chi connectivity index (χ2n) is 10.5. The van der Waals surface area contributed by atoms with Gasteiger partial charge in [-0.25, -0.2) is 9.78 Å². The molecule has 1 aromatic heterocycles. The number of aromatic nitrogens is 1. The second kappa shape index (κ2) is 7.70. The smallest absolute Gasteiger partial charge is 0.407 e. The molecule has 1 fully saturated rings. The SMILES string of the molecule is CC(C)(C)C1CC(O)(c2ncc(CO[Si](C)(C)C(C)(C)C)s2)CCN1C(=O)O. The Morgan fingerprint density at radius 2 is 1.96 bits per heavy atom. The summed E-state index contributed by atoms with van der Waals surface area (Å²) in [7, 11) is -1.85. The number of amides is 1. The normalized spacial score (nSPS) is 24.5. The predicted octanol–water partition coefficient (Wildman–Crippen LogP) is 5.04. The Kier molecular flexibility index (Phi) is 6.41. The lowest BCUT2D eigenvalue weighted by atomic mass is 9.75. The number of rotatable bonds is 4. The molecule has 1 aliphatic rings. The van der Waals surface area contributed by atoms with E-state index in [1.165, 1.54) is 16.2 Å². The van der Waals surface area contributed by atoms with Crippen molar-refractivity contribution in [1.82, 2.24) is 9.88 Å². The van der Waals surface area contributed by atoms with Gasteiger partial charge in [0, 0.05) is 36.5 Å². The van der Waals surface area contributed by atoms with Gasteiger partial charge in [0.1, 0.15) is 10.6 Å². The van der Waals surface area contributed by atoms with Gasteiger partial charge in [0.25, 0.3) is 0 Å². The summed E-state index contributed by atoms with van der Waals surface area (Å²) in [5, 5.41) is 21.7. The van der Waals surface area contributed by atoms with Crippen LogP contribution in [0.5, 0.6) is 0 Å². The fraction of sp³-hybridized carbons (Fsp3) is 0.800. The number of aliphatic hydroxyl groups is 1. The van der Waals surface area contributed by atoms with Gasteiger partial charge in [-0.1, -0.05) is 41.5 Å². The average Bonchev–Trinajstić information content (AvgIpc) is 3.00. The van der Waals surface area contributed by atoms with Crippen LogP contribution in [0.4, 0.5) is 4.79 Å². The summed E-state index contributed by atoms with van der Waals surface area (Å²) in [5.74, 6) is 0. The minimum absolute atomic E-state index is 0.141. The predicted molar refractivity (Wildman–Crippen MR) is 115 cm³/mol. The maximum Gasteiger partial charge on any atom is 0.407 e. The van der Waals surface area contributed by atoms with Crippen molar-refractivity contribution in [3.05, 3.63) is 16.1 Å². The number of carbonyl (C=O) groups is 1. The van der Waals surface area contributed by atoms with E-state index in [4.69, 9.17) is 4.43 Å². The fourth-order valence-corrected chi connectivity index (χ4v) is 5.25. The molecule has 28 heavy (non-hydrogen) atoms. The van der Waals surface area contributed by atoms with Gasteiger partial charge in [0.15, 0.2) is 8.32 Å². The highest BCUT2D eigenvalue weighted by molar-refractivity contribution is 7.11. The van der Waals surface area contributed by atoms with Crippen molar-refractivity contribution in [2.75, 3.05) is 6.54 Å². The molecule has 1 saturated heterocycles. The summed E-state index contributed by atoms with van der Waals surface area (Å²) in [6.07, 6.45) is 1.59. The first-order valence-corrected chi connectivity index (χ1v) is 13.6. The Hall–Kier alpha value is -0.963. The number of hydrogen-bond acceptors (Lipinski definition) is 5. The lowest BCUT2D eigenvalue weighted by Crippen LogP contribution is -2.55. The monoisotopic (exact) mass is 428 g/mol. The molecule has 1 aromatic rings. The average molecular weight is 429 g/mol. The van der Waals surface area contributed by atoms with Gasteiger partial charge in [-0.05, 0) is 23.5 Å². The minimum atomic E-state index is -1.85. The van der Waals surface area contributed by atoms with Crippen LogP contribution in [0, 0.1) is 5.41 Å². The van der Waals surface area contributed by atoms with Gasteiger partial charge < -0.3 is 19.5 Å². The van der Waals surface area contributed by atoms with Crippen molar-refractivity contribution in [3.63, 3.8) is 0 Å². The van der Waals surface area contributed by atoms with Crippen molar-refractivity contribution in [2.24, 2.45) is 5.41 Å². The standard InChI is InChI=1S/C20H36N2O4SSi/c1-18(2,3)15-11-20(25,9-10-22(15)17(23)24)16-21-12-14(27-16)13-26-28(7,8)19(4,5)6/h12,15,25H,9-11,13H2,1-8H3,(H,23,24). The minimum Gasteiger partial charge on any atom is -0.465 e. The third-order valence-electron chi connectivity index (χ3n) is 6.25. The maximum atomic E-state index is 11.6. The molecule has 8 heteroatoms. The van der Waals surface area contributed by atoms with Crippen LogP contribution < -0.4 is 0 Å². The number of hydrogen-bond donors (Lipinski definition) is 2. The van der Waals surface area contributed by atoms with Crippen molar-refractivity contribution >= 4 is 25.7 Å². The highest BCUT2D eigenvalue weighted by atomic mass is 32.1. The largest absolute Gasteiger partial charge is 0.465 e. The Labute approximate surface area is 174 Å². The molecule has 0 spiro atoms. The zero-order valence-electron chi connectivity index (χ0n) is 18.5. The quantitative estimate of drug-likeness (QED) is 0.656. The fourth-order valence-electron chi connectivity index (χ4n) is 3.25. The Morgan fingerprint density at radius 1 is 1.36 bits per heavy atom. The summed E-state index contributed by atoms with van der Waals surface area (Å²) < 4.78 is 6.28. The van der Waals surface area contributed by atoms with Gasteiger partial charge in [0.2, 0.25) is 0 Å². The van der Waals surface area contributed by atoms with Gasteiger partial charge in [-0.2, -0.15) is 0 Å². The van der Waals surface area contributed by atoms with E-state index in [-0.39, 0.29) is 16.5 Å². The van der Waals surface area contributed by atoms with E-state index in [0.717, 1.165) is 4.88 Å². The number of carboxylic acid groups (broad SMARTS) is 1. The number of likely N-dealkylation sites (tertiary alicyclic amines) is 1. The van der Waals surface area contributed by atoms with Gasteiger partial charge >= 0.3 is 6.09 Å². The van der Waals surface area contributed by atoms with Crippen molar-refractivity contribution in [1.29, 1.82) is 0 Å². The van der Waals surface area contributed by atoms with E-state index in [2.05, 4.69) is 38.8 Å². The van der Waals surface area contributed by atoms with Gasteiger partial charge in [0.05, 0.1) is 6.61 Å². The van der Waals surface area contributed by atoms with E-state index >= 15 is 0 Å². The molecule has 2 heterocycles. The van der Waals surface area contributed by atoms with E-state index in [1.807, 2.05) is 20.8 Å².